The van der Waals surface area contributed by atoms with Crippen LogP contribution in [0.2, 0.25) is 5.02 Å². The van der Waals surface area contributed by atoms with Crippen LogP contribution in [0.25, 0.3) is 0 Å². The van der Waals surface area contributed by atoms with Gasteiger partial charge in [-0.15, -0.1) is 12.4 Å². The van der Waals surface area contributed by atoms with E-state index in [2.05, 4.69) is 10.6 Å². The highest BCUT2D eigenvalue weighted by atomic mass is 35.5. The van der Waals surface area contributed by atoms with Gasteiger partial charge in [-0.2, -0.15) is 0 Å². The van der Waals surface area contributed by atoms with Gasteiger partial charge in [0.05, 0.1) is 0 Å². The Labute approximate surface area is 107 Å². The Bertz CT molecular complexity index is 314. The Morgan fingerprint density at radius 3 is 2.50 bits per heavy atom. The van der Waals surface area contributed by atoms with Gasteiger partial charge in [-0.25, -0.2) is 0 Å². The normalized spacial score (nSPS) is 9.38. The second-order valence-corrected chi connectivity index (χ2v) is 3.69. The molecule has 0 unspecified atom stereocenters. The molecule has 0 heterocycles. The van der Waals surface area contributed by atoms with E-state index in [9.17, 15) is 4.79 Å². The molecule has 0 aromatic heterocycles. The molecule has 16 heavy (non-hydrogen) atoms. The van der Waals surface area contributed by atoms with E-state index in [-0.39, 0.29) is 18.3 Å². The van der Waals surface area contributed by atoms with E-state index in [1.165, 1.54) is 0 Å². The largest absolute Gasteiger partial charge is 0.352 e. The molecule has 1 aromatic carbocycles. The van der Waals surface area contributed by atoms with Gasteiger partial charge in [0.25, 0.3) is 0 Å². The maximum Gasteiger partial charge on any atom is 0.221 e. The topological polar surface area (TPSA) is 41.1 Å². The van der Waals surface area contributed by atoms with Crippen LogP contribution in [-0.2, 0) is 11.3 Å². The predicted octanol–water partition coefficient (Wildman–Crippen LogP) is 1.99. The van der Waals surface area contributed by atoms with Crippen molar-refractivity contribution >= 4 is 29.9 Å². The zero-order valence-electron chi connectivity index (χ0n) is 9.13. The first kappa shape index (κ1) is 15.2. The summed E-state index contributed by atoms with van der Waals surface area (Å²) in [6, 6.07) is 7.44. The van der Waals surface area contributed by atoms with Crippen molar-refractivity contribution in [1.29, 1.82) is 0 Å². The molecule has 0 aliphatic carbocycles. The average Bonchev–Trinajstić information content (AvgIpc) is 2.25. The summed E-state index contributed by atoms with van der Waals surface area (Å²) in [6.45, 7) is 1.26. The van der Waals surface area contributed by atoms with Gasteiger partial charge in [0.1, 0.15) is 0 Å². The Morgan fingerprint density at radius 2 is 1.94 bits per heavy atom. The number of nitrogens with one attached hydrogen (secondary N) is 2. The minimum Gasteiger partial charge on any atom is -0.352 e. The lowest BCUT2D eigenvalue weighted by molar-refractivity contribution is -0.121. The van der Waals surface area contributed by atoms with Crippen molar-refractivity contribution in [1.82, 2.24) is 10.6 Å². The lowest BCUT2D eigenvalue weighted by atomic mass is 10.2. The number of hydrogen-bond acceptors (Lipinski definition) is 2. The van der Waals surface area contributed by atoms with E-state index in [1.807, 2.05) is 31.3 Å². The fourth-order valence-corrected chi connectivity index (χ4v) is 1.26. The van der Waals surface area contributed by atoms with Crippen molar-refractivity contribution in [2.75, 3.05) is 13.6 Å². The molecule has 3 nitrogen and oxygen atoms in total. The molecule has 2 N–H and O–H groups in total. The summed E-state index contributed by atoms with van der Waals surface area (Å²) in [5.74, 6) is 0.0549. The van der Waals surface area contributed by atoms with Crippen molar-refractivity contribution in [3.05, 3.63) is 34.9 Å². The van der Waals surface area contributed by atoms with E-state index >= 15 is 0 Å². The maximum atomic E-state index is 11.3. The number of amides is 1. The molecule has 90 valence electrons. The van der Waals surface area contributed by atoms with Gasteiger partial charge < -0.3 is 10.6 Å². The predicted molar refractivity (Wildman–Crippen MR) is 69.1 cm³/mol. The van der Waals surface area contributed by atoms with Crippen LogP contribution in [-0.4, -0.2) is 19.5 Å². The monoisotopic (exact) mass is 262 g/mol. The van der Waals surface area contributed by atoms with Crippen molar-refractivity contribution in [2.45, 2.75) is 13.0 Å². The summed E-state index contributed by atoms with van der Waals surface area (Å²) < 4.78 is 0. The van der Waals surface area contributed by atoms with Gasteiger partial charge in [0, 0.05) is 24.5 Å². The smallest absolute Gasteiger partial charge is 0.221 e. The molecule has 0 saturated carbocycles. The number of hydrogen-bond donors (Lipinski definition) is 2. The lowest BCUT2D eigenvalue weighted by Gasteiger charge is -2.05. The van der Waals surface area contributed by atoms with Crippen LogP contribution >= 0.6 is 24.0 Å². The summed E-state index contributed by atoms with van der Waals surface area (Å²) in [5, 5.41) is 6.47. The van der Waals surface area contributed by atoms with E-state index in [1.54, 1.807) is 0 Å². The molecule has 0 spiro atoms. The van der Waals surface area contributed by atoms with Crippen LogP contribution < -0.4 is 10.6 Å². The van der Waals surface area contributed by atoms with Gasteiger partial charge in [0.2, 0.25) is 5.91 Å². The molecule has 1 aromatic rings. The molecule has 0 atom stereocenters. The quantitative estimate of drug-likeness (QED) is 0.853. The minimum atomic E-state index is 0. The molecule has 0 aliphatic heterocycles. The Morgan fingerprint density at radius 1 is 1.31 bits per heavy atom. The van der Waals surface area contributed by atoms with Crippen LogP contribution in [0.4, 0.5) is 0 Å². The van der Waals surface area contributed by atoms with Gasteiger partial charge in [-0.3, -0.25) is 4.79 Å². The Hall–Kier alpha value is -0.770. The van der Waals surface area contributed by atoms with Gasteiger partial charge in [0.15, 0.2) is 0 Å². The molecule has 1 amide bonds. The van der Waals surface area contributed by atoms with Crippen molar-refractivity contribution < 1.29 is 4.79 Å². The van der Waals surface area contributed by atoms with Crippen molar-refractivity contribution in [3.8, 4) is 0 Å². The van der Waals surface area contributed by atoms with E-state index in [0.29, 0.717) is 24.5 Å². The van der Waals surface area contributed by atoms with Gasteiger partial charge in [-0.1, -0.05) is 23.7 Å². The minimum absolute atomic E-state index is 0. The zero-order valence-corrected chi connectivity index (χ0v) is 10.7. The van der Waals surface area contributed by atoms with Crippen LogP contribution in [0.3, 0.4) is 0 Å². The van der Waals surface area contributed by atoms with Crippen LogP contribution in [0, 0.1) is 0 Å². The second kappa shape index (κ2) is 8.39. The number of benzene rings is 1. The molecule has 0 bridgehead atoms. The number of carbonyl (C=O) groups excluding carboxylic acids is 1. The summed E-state index contributed by atoms with van der Waals surface area (Å²) in [4.78, 5) is 11.3. The Balaban J connectivity index is 0.00000225. The fraction of sp³-hybridized carbons (Fsp3) is 0.364. The summed E-state index contributed by atoms with van der Waals surface area (Å²) in [5.41, 5.74) is 1.05. The zero-order chi connectivity index (χ0) is 11.1. The van der Waals surface area contributed by atoms with E-state index in [0.717, 1.165) is 5.56 Å². The maximum absolute atomic E-state index is 11.3. The van der Waals surface area contributed by atoms with Gasteiger partial charge in [-0.05, 0) is 24.7 Å². The fourth-order valence-electron chi connectivity index (χ4n) is 1.13. The van der Waals surface area contributed by atoms with E-state index in [4.69, 9.17) is 11.6 Å². The van der Waals surface area contributed by atoms with E-state index < -0.39 is 0 Å². The third-order valence-corrected chi connectivity index (χ3v) is 2.26. The molecule has 1 rings (SSSR count). The standard InChI is InChI=1S/C11H15ClN2O.ClH/c1-13-7-6-11(15)14-8-9-2-4-10(12)5-3-9;/h2-5,13H,6-8H2,1H3,(H,14,15);1H. The highest BCUT2D eigenvalue weighted by Crippen LogP contribution is 2.08. The lowest BCUT2D eigenvalue weighted by Crippen LogP contribution is -2.25. The third kappa shape index (κ3) is 5.95. The summed E-state index contributed by atoms with van der Waals surface area (Å²) >= 11 is 5.75. The summed E-state index contributed by atoms with van der Waals surface area (Å²) in [6.07, 6.45) is 0.504. The second-order valence-electron chi connectivity index (χ2n) is 3.26. The molecule has 0 aliphatic rings. The number of halogens is 2. The number of rotatable bonds is 5. The summed E-state index contributed by atoms with van der Waals surface area (Å²) in [7, 11) is 1.83. The van der Waals surface area contributed by atoms with Crippen LogP contribution in [0.15, 0.2) is 24.3 Å². The third-order valence-electron chi connectivity index (χ3n) is 2.01. The first-order valence-corrected chi connectivity index (χ1v) is 5.26. The highest BCUT2D eigenvalue weighted by molar-refractivity contribution is 6.30. The average molecular weight is 263 g/mol. The van der Waals surface area contributed by atoms with Crippen LogP contribution in [0.5, 0.6) is 0 Å². The molecule has 0 saturated heterocycles. The molecular weight excluding hydrogens is 247 g/mol. The molecular formula is C11H16Cl2N2O. The first-order valence-electron chi connectivity index (χ1n) is 4.88. The SMILES string of the molecule is CNCCC(=O)NCc1ccc(Cl)cc1.Cl. The molecule has 0 radical (unpaired) electrons. The molecule has 0 fully saturated rings. The first-order chi connectivity index (χ1) is 7.22. The van der Waals surface area contributed by atoms with Crippen molar-refractivity contribution in [2.24, 2.45) is 0 Å². The Kier molecular flexibility index (Phi) is 7.99. The molecule has 5 heteroatoms. The highest BCUT2D eigenvalue weighted by Gasteiger charge is 1.99. The van der Waals surface area contributed by atoms with Crippen molar-refractivity contribution in [3.63, 3.8) is 0 Å². The van der Waals surface area contributed by atoms with Gasteiger partial charge >= 0.3 is 0 Å². The van der Waals surface area contributed by atoms with Crippen LogP contribution in [0.1, 0.15) is 12.0 Å². The number of carbonyl (C=O) groups is 1.